The number of aromatic nitrogens is 1. The van der Waals surface area contributed by atoms with Crippen LogP contribution in [0.1, 0.15) is 10.4 Å². The van der Waals surface area contributed by atoms with Crippen molar-refractivity contribution in [1.82, 2.24) is 4.98 Å². The van der Waals surface area contributed by atoms with Crippen molar-refractivity contribution in [2.45, 2.75) is 0 Å². The first-order valence-electron chi connectivity index (χ1n) is 5.58. The number of nitrogens with one attached hydrogen (secondary N) is 1. The molecule has 0 bridgehead atoms. The number of hydrogen-bond acceptors (Lipinski definition) is 3. The van der Waals surface area contributed by atoms with Crippen molar-refractivity contribution in [1.29, 1.82) is 0 Å². The molecule has 4 nitrogen and oxygen atoms in total. The lowest BCUT2D eigenvalue weighted by molar-refractivity contribution is 0.102. The number of methoxy groups -OCH3 is 1. The van der Waals surface area contributed by atoms with Crippen molar-refractivity contribution in [2.75, 3.05) is 12.4 Å². The summed E-state index contributed by atoms with van der Waals surface area (Å²) in [5, 5.41) is 3.06. The number of anilines is 1. The highest BCUT2D eigenvalue weighted by Gasteiger charge is 2.13. The van der Waals surface area contributed by atoms with E-state index in [0.717, 1.165) is 4.47 Å². The molecule has 0 saturated carbocycles. The van der Waals surface area contributed by atoms with Crippen molar-refractivity contribution in [3.05, 3.63) is 49.1 Å². The van der Waals surface area contributed by atoms with Crippen molar-refractivity contribution in [3.8, 4) is 5.75 Å². The topological polar surface area (TPSA) is 51.2 Å². The normalized spacial score (nSPS) is 10.3. The summed E-state index contributed by atoms with van der Waals surface area (Å²) in [7, 11) is 1.54. The van der Waals surface area contributed by atoms with E-state index in [1.165, 1.54) is 12.1 Å². The largest absolute Gasteiger partial charge is 0.495 e. The van der Waals surface area contributed by atoms with Crippen molar-refractivity contribution in [2.24, 2.45) is 0 Å². The van der Waals surface area contributed by atoms with Gasteiger partial charge in [0.2, 0.25) is 0 Å². The minimum atomic E-state index is -0.355. The Balaban J connectivity index is 2.31. The second kappa shape index (κ2) is 6.96. The van der Waals surface area contributed by atoms with E-state index in [2.05, 4.69) is 42.2 Å². The third-order valence-corrected chi connectivity index (χ3v) is 4.18. The van der Waals surface area contributed by atoms with Crippen LogP contribution in [0.25, 0.3) is 0 Å². The van der Waals surface area contributed by atoms with E-state index in [-0.39, 0.29) is 16.2 Å². The Labute approximate surface area is 148 Å². The molecule has 0 aliphatic heterocycles. The number of rotatable bonds is 3. The van der Waals surface area contributed by atoms with Gasteiger partial charge in [-0.05, 0) is 50.1 Å². The van der Waals surface area contributed by atoms with Gasteiger partial charge in [-0.25, -0.2) is 4.98 Å². The van der Waals surface area contributed by atoms with Gasteiger partial charge >= 0.3 is 0 Å². The maximum Gasteiger partial charge on any atom is 0.255 e. The fraction of sp³-hybridized carbons (Fsp3) is 0.0769. The zero-order chi connectivity index (χ0) is 15.6. The lowest BCUT2D eigenvalue weighted by Crippen LogP contribution is -2.12. The summed E-state index contributed by atoms with van der Waals surface area (Å²) < 4.78 is 6.67. The minimum Gasteiger partial charge on any atom is -0.495 e. The number of carbonyl (C=O) groups excluding carboxylic acids is 1. The van der Waals surface area contributed by atoms with Gasteiger partial charge in [0.15, 0.2) is 0 Å². The van der Waals surface area contributed by atoms with Crippen LogP contribution in [0, 0.1) is 0 Å². The quantitative estimate of drug-likeness (QED) is 0.650. The summed E-state index contributed by atoms with van der Waals surface area (Å²) in [4.78, 5) is 16.0. The molecular weight excluding hydrogens is 447 g/mol. The molecule has 1 N–H and O–H groups in total. The van der Waals surface area contributed by atoms with E-state index in [9.17, 15) is 4.79 Å². The molecule has 21 heavy (non-hydrogen) atoms. The predicted molar refractivity (Wildman–Crippen MR) is 90.6 cm³/mol. The number of carbonyl (C=O) groups is 1. The second-order valence-electron chi connectivity index (χ2n) is 3.92. The highest BCUT2D eigenvalue weighted by molar-refractivity contribution is 9.11. The van der Waals surface area contributed by atoms with Gasteiger partial charge < -0.3 is 10.1 Å². The number of benzene rings is 1. The van der Waals surface area contributed by atoms with Crippen LogP contribution in [-0.2, 0) is 0 Å². The summed E-state index contributed by atoms with van der Waals surface area (Å²) in [5.41, 5.74) is 0.873. The maximum absolute atomic E-state index is 12.2. The molecule has 2 rings (SSSR count). The van der Waals surface area contributed by atoms with Crippen molar-refractivity contribution < 1.29 is 9.53 Å². The van der Waals surface area contributed by atoms with Gasteiger partial charge in [-0.15, -0.1) is 0 Å². The Morgan fingerprint density at radius 1 is 1.14 bits per heavy atom. The Morgan fingerprint density at radius 2 is 1.76 bits per heavy atom. The molecule has 0 fully saturated rings. The van der Waals surface area contributed by atoms with E-state index < -0.39 is 0 Å². The Morgan fingerprint density at radius 3 is 2.33 bits per heavy atom. The highest BCUT2D eigenvalue weighted by atomic mass is 79.9. The molecule has 0 atom stereocenters. The van der Waals surface area contributed by atoms with Gasteiger partial charge in [0, 0.05) is 16.1 Å². The number of halogens is 4. The molecule has 0 radical (unpaired) electrons. The number of pyridine rings is 1. The van der Waals surface area contributed by atoms with Crippen LogP contribution in [0.3, 0.4) is 0 Å². The maximum atomic E-state index is 12.2. The van der Waals surface area contributed by atoms with Crippen molar-refractivity contribution in [3.63, 3.8) is 0 Å². The van der Waals surface area contributed by atoms with E-state index in [4.69, 9.17) is 27.9 Å². The van der Waals surface area contributed by atoms with Crippen LogP contribution in [0.5, 0.6) is 5.75 Å². The molecule has 8 heteroatoms. The minimum absolute atomic E-state index is 0.153. The molecule has 1 heterocycles. The molecule has 0 aliphatic carbocycles. The summed E-state index contributed by atoms with van der Waals surface area (Å²) in [6, 6.07) is 6.34. The zero-order valence-corrected chi connectivity index (χ0v) is 15.3. The first kappa shape index (κ1) is 16.5. The molecule has 1 amide bonds. The average molecular weight is 455 g/mol. The lowest BCUT2D eigenvalue weighted by Gasteiger charge is -2.11. The smallest absolute Gasteiger partial charge is 0.255 e. The van der Waals surface area contributed by atoms with Crippen LogP contribution in [0.15, 0.2) is 33.2 Å². The number of ether oxygens (including phenoxy) is 1. The number of hydrogen-bond donors (Lipinski definition) is 1. The molecule has 0 unspecified atom stereocenters. The molecule has 2 aromatic rings. The van der Waals surface area contributed by atoms with E-state index in [1.54, 1.807) is 19.2 Å². The van der Waals surface area contributed by atoms with E-state index in [1.807, 2.05) is 0 Å². The van der Waals surface area contributed by atoms with Gasteiger partial charge in [0.1, 0.15) is 16.1 Å². The fourth-order valence-electron chi connectivity index (χ4n) is 1.57. The first-order chi connectivity index (χ1) is 9.90. The van der Waals surface area contributed by atoms with E-state index >= 15 is 0 Å². The Kier molecular flexibility index (Phi) is 5.48. The molecule has 0 saturated heterocycles. The summed E-state index contributed by atoms with van der Waals surface area (Å²) in [6.45, 7) is 0. The zero-order valence-electron chi connectivity index (χ0n) is 10.6. The Bertz CT molecular complexity index is 691. The van der Waals surface area contributed by atoms with Crippen LogP contribution in [0.2, 0.25) is 10.3 Å². The summed E-state index contributed by atoms with van der Waals surface area (Å²) in [6.07, 6.45) is 0. The third kappa shape index (κ3) is 4.10. The molecule has 1 aromatic heterocycles. The second-order valence-corrected chi connectivity index (χ2v) is 6.41. The standard InChI is InChI=1S/C13H8Br2Cl2N2O2/c1-21-10-5-9(7(14)4-8(10)15)18-13(20)6-2-11(16)19-12(17)3-6/h2-5H,1H3,(H,18,20). The molecule has 1 aromatic carbocycles. The number of nitrogens with zero attached hydrogens (tertiary/aromatic N) is 1. The van der Waals surface area contributed by atoms with Crippen LogP contribution in [0.4, 0.5) is 5.69 Å². The third-order valence-electron chi connectivity index (χ3n) is 2.51. The number of amides is 1. The van der Waals surface area contributed by atoms with Gasteiger partial charge in [-0.1, -0.05) is 23.2 Å². The van der Waals surface area contributed by atoms with Crippen molar-refractivity contribution >= 4 is 66.7 Å². The molecule has 0 aliphatic rings. The fourth-order valence-corrected chi connectivity index (χ4v) is 3.29. The molecule has 0 spiro atoms. The Hall–Kier alpha value is -0.820. The monoisotopic (exact) mass is 452 g/mol. The van der Waals surface area contributed by atoms with E-state index in [0.29, 0.717) is 21.5 Å². The SMILES string of the molecule is COc1cc(NC(=O)c2cc(Cl)nc(Cl)c2)c(Br)cc1Br. The summed E-state index contributed by atoms with van der Waals surface area (Å²) in [5.74, 6) is 0.241. The van der Waals surface area contributed by atoms with Gasteiger partial charge in [0.05, 0.1) is 17.3 Å². The first-order valence-corrected chi connectivity index (χ1v) is 7.92. The van der Waals surface area contributed by atoms with Crippen LogP contribution < -0.4 is 10.1 Å². The van der Waals surface area contributed by atoms with Crippen LogP contribution >= 0.6 is 55.1 Å². The predicted octanol–water partition coefficient (Wildman–Crippen LogP) is 5.17. The van der Waals surface area contributed by atoms with Gasteiger partial charge in [0.25, 0.3) is 5.91 Å². The lowest BCUT2D eigenvalue weighted by atomic mass is 10.2. The molecule has 110 valence electrons. The van der Waals surface area contributed by atoms with Gasteiger partial charge in [-0.2, -0.15) is 0 Å². The highest BCUT2D eigenvalue weighted by Crippen LogP contribution is 2.34. The van der Waals surface area contributed by atoms with Gasteiger partial charge in [-0.3, -0.25) is 4.79 Å². The summed E-state index contributed by atoms with van der Waals surface area (Å²) >= 11 is 18.3. The average Bonchev–Trinajstić information content (AvgIpc) is 2.40. The molecular formula is C13H8Br2Cl2N2O2. The van der Waals surface area contributed by atoms with Crippen LogP contribution in [-0.4, -0.2) is 18.0 Å².